The summed E-state index contributed by atoms with van der Waals surface area (Å²) in [6.07, 6.45) is 4.76. The molecule has 1 amide bonds. The molecule has 1 heterocycles. The number of fused-ring (bicyclic) bond motifs is 3. The van der Waals surface area contributed by atoms with Crippen LogP contribution >= 0.6 is 0 Å². The van der Waals surface area contributed by atoms with Gasteiger partial charge in [-0.25, -0.2) is 0 Å². The molecule has 1 aromatic carbocycles. The lowest BCUT2D eigenvalue weighted by molar-refractivity contribution is -0.122. The Bertz CT molecular complexity index is 521. The Labute approximate surface area is 120 Å². The van der Waals surface area contributed by atoms with Crippen molar-refractivity contribution in [2.75, 3.05) is 13.1 Å². The van der Waals surface area contributed by atoms with Gasteiger partial charge in [-0.3, -0.25) is 4.79 Å². The molecule has 20 heavy (non-hydrogen) atoms. The lowest BCUT2D eigenvalue weighted by atomic mass is 9.92. The lowest BCUT2D eigenvalue weighted by Crippen LogP contribution is -2.38. The van der Waals surface area contributed by atoms with Crippen LogP contribution in [0.5, 0.6) is 0 Å². The van der Waals surface area contributed by atoms with Gasteiger partial charge >= 0.3 is 0 Å². The SMILES string of the molecule is O=C(NCC1CCCN1)C1C2CCc3ccccc3C21. The molecule has 3 aliphatic rings. The fraction of sp³-hybridized carbons (Fsp3) is 0.588. The second-order valence-electron chi connectivity index (χ2n) is 6.49. The van der Waals surface area contributed by atoms with Crippen LogP contribution in [0.15, 0.2) is 24.3 Å². The van der Waals surface area contributed by atoms with Gasteiger partial charge in [0, 0.05) is 18.5 Å². The van der Waals surface area contributed by atoms with E-state index in [1.165, 1.54) is 30.4 Å². The Balaban J connectivity index is 1.40. The quantitative estimate of drug-likeness (QED) is 0.880. The lowest BCUT2D eigenvalue weighted by Gasteiger charge is -2.13. The molecule has 2 aliphatic carbocycles. The van der Waals surface area contributed by atoms with Crippen LogP contribution in [0.4, 0.5) is 0 Å². The van der Waals surface area contributed by atoms with Crippen molar-refractivity contribution in [2.24, 2.45) is 11.8 Å². The molecule has 0 bridgehead atoms. The summed E-state index contributed by atoms with van der Waals surface area (Å²) < 4.78 is 0. The Morgan fingerprint density at radius 2 is 2.20 bits per heavy atom. The van der Waals surface area contributed by atoms with Crippen molar-refractivity contribution in [1.82, 2.24) is 10.6 Å². The summed E-state index contributed by atoms with van der Waals surface area (Å²) in [4.78, 5) is 12.4. The number of hydrogen-bond donors (Lipinski definition) is 2. The van der Waals surface area contributed by atoms with Gasteiger partial charge < -0.3 is 10.6 Å². The van der Waals surface area contributed by atoms with Crippen LogP contribution in [0.3, 0.4) is 0 Å². The van der Waals surface area contributed by atoms with E-state index in [9.17, 15) is 4.79 Å². The molecule has 2 N–H and O–H groups in total. The van der Waals surface area contributed by atoms with Crippen molar-refractivity contribution in [2.45, 2.75) is 37.6 Å². The fourth-order valence-corrected chi connectivity index (χ4v) is 4.20. The molecule has 1 saturated heterocycles. The summed E-state index contributed by atoms with van der Waals surface area (Å²) in [5, 5.41) is 6.61. The maximum atomic E-state index is 12.4. The van der Waals surface area contributed by atoms with Crippen molar-refractivity contribution < 1.29 is 4.79 Å². The van der Waals surface area contributed by atoms with Gasteiger partial charge in [0.15, 0.2) is 0 Å². The minimum atomic E-state index is 0.236. The number of carbonyl (C=O) groups is 1. The van der Waals surface area contributed by atoms with Gasteiger partial charge in [0.1, 0.15) is 0 Å². The molecular weight excluding hydrogens is 248 g/mol. The Morgan fingerprint density at radius 3 is 3.05 bits per heavy atom. The van der Waals surface area contributed by atoms with Gasteiger partial charge in [-0.05, 0) is 55.2 Å². The van der Waals surface area contributed by atoms with Crippen LogP contribution in [-0.2, 0) is 11.2 Å². The molecule has 1 aliphatic heterocycles. The normalized spacial score (nSPS) is 34.2. The third-order valence-electron chi connectivity index (χ3n) is 5.32. The van der Waals surface area contributed by atoms with Gasteiger partial charge in [0.25, 0.3) is 0 Å². The van der Waals surface area contributed by atoms with Crippen LogP contribution in [0.1, 0.15) is 36.3 Å². The maximum absolute atomic E-state index is 12.4. The number of carbonyl (C=O) groups excluding carboxylic acids is 1. The highest BCUT2D eigenvalue weighted by molar-refractivity contribution is 5.84. The Morgan fingerprint density at radius 1 is 1.30 bits per heavy atom. The Kier molecular flexibility index (Phi) is 3.03. The summed E-state index contributed by atoms with van der Waals surface area (Å²) >= 11 is 0. The minimum absolute atomic E-state index is 0.236. The summed E-state index contributed by atoms with van der Waals surface area (Å²) in [7, 11) is 0. The number of aryl methyl sites for hydroxylation is 1. The van der Waals surface area contributed by atoms with Crippen molar-refractivity contribution in [3.8, 4) is 0 Å². The number of benzene rings is 1. The molecular formula is C17H22N2O. The largest absolute Gasteiger partial charge is 0.354 e. The van der Waals surface area contributed by atoms with Crippen LogP contribution in [0, 0.1) is 11.8 Å². The van der Waals surface area contributed by atoms with E-state index in [1.807, 2.05) is 0 Å². The maximum Gasteiger partial charge on any atom is 0.224 e. The first-order valence-electron chi connectivity index (χ1n) is 7.93. The third kappa shape index (κ3) is 2.05. The van der Waals surface area contributed by atoms with Gasteiger partial charge in [0.05, 0.1) is 0 Å². The van der Waals surface area contributed by atoms with Gasteiger partial charge in [-0.15, -0.1) is 0 Å². The number of rotatable bonds is 3. The zero-order valence-electron chi connectivity index (χ0n) is 11.8. The minimum Gasteiger partial charge on any atom is -0.354 e. The van der Waals surface area contributed by atoms with Crippen LogP contribution in [0.2, 0.25) is 0 Å². The molecule has 4 atom stereocenters. The topological polar surface area (TPSA) is 41.1 Å². The van der Waals surface area contributed by atoms with E-state index < -0.39 is 0 Å². The first-order valence-corrected chi connectivity index (χ1v) is 7.93. The van der Waals surface area contributed by atoms with Crippen molar-refractivity contribution >= 4 is 5.91 Å². The predicted molar refractivity (Wildman–Crippen MR) is 78.5 cm³/mol. The zero-order chi connectivity index (χ0) is 13.5. The van der Waals surface area contributed by atoms with Gasteiger partial charge in [0.2, 0.25) is 5.91 Å². The smallest absolute Gasteiger partial charge is 0.224 e. The first-order chi connectivity index (χ1) is 9.84. The summed E-state index contributed by atoms with van der Waals surface area (Å²) in [5.41, 5.74) is 2.89. The molecule has 0 spiro atoms. The third-order valence-corrected chi connectivity index (χ3v) is 5.32. The highest BCUT2D eigenvalue weighted by Crippen LogP contribution is 2.59. The monoisotopic (exact) mass is 270 g/mol. The van der Waals surface area contributed by atoms with E-state index in [0.717, 1.165) is 19.5 Å². The zero-order valence-corrected chi connectivity index (χ0v) is 11.8. The summed E-state index contributed by atoms with van der Waals surface area (Å²) in [5.74, 6) is 1.61. The van der Waals surface area contributed by atoms with Crippen LogP contribution in [0.25, 0.3) is 0 Å². The molecule has 0 radical (unpaired) electrons. The molecule has 1 saturated carbocycles. The standard InChI is InChI=1S/C17H22N2O/c20-17(19-10-12-5-3-9-18-12)16-14-8-7-11-4-1-2-6-13(11)15(14)16/h1-2,4,6,12,14-16,18H,3,5,7-10H2,(H,19,20). The molecule has 1 aromatic rings. The molecule has 4 unspecified atom stereocenters. The fourth-order valence-electron chi connectivity index (χ4n) is 4.20. The van der Waals surface area contributed by atoms with Gasteiger partial charge in [-0.2, -0.15) is 0 Å². The van der Waals surface area contributed by atoms with Crippen molar-refractivity contribution in [3.63, 3.8) is 0 Å². The van der Waals surface area contributed by atoms with Crippen molar-refractivity contribution in [3.05, 3.63) is 35.4 Å². The second-order valence-corrected chi connectivity index (χ2v) is 6.49. The van der Waals surface area contributed by atoms with E-state index in [-0.39, 0.29) is 11.8 Å². The number of amides is 1. The van der Waals surface area contributed by atoms with E-state index in [2.05, 4.69) is 34.9 Å². The van der Waals surface area contributed by atoms with E-state index in [0.29, 0.717) is 17.9 Å². The second kappa shape index (κ2) is 4.88. The number of nitrogens with one attached hydrogen (secondary N) is 2. The van der Waals surface area contributed by atoms with Crippen LogP contribution in [-0.4, -0.2) is 25.0 Å². The predicted octanol–water partition coefficient (Wildman–Crippen LogP) is 1.83. The summed E-state index contributed by atoms with van der Waals surface area (Å²) in [6.45, 7) is 1.90. The van der Waals surface area contributed by atoms with E-state index in [4.69, 9.17) is 0 Å². The highest BCUT2D eigenvalue weighted by atomic mass is 16.2. The van der Waals surface area contributed by atoms with Crippen molar-refractivity contribution in [1.29, 1.82) is 0 Å². The first kappa shape index (κ1) is 12.4. The van der Waals surface area contributed by atoms with E-state index >= 15 is 0 Å². The molecule has 106 valence electrons. The molecule has 2 fully saturated rings. The molecule has 3 nitrogen and oxygen atoms in total. The molecule has 4 rings (SSSR count). The van der Waals surface area contributed by atoms with Crippen LogP contribution < -0.4 is 10.6 Å². The number of hydrogen-bond acceptors (Lipinski definition) is 2. The highest BCUT2D eigenvalue weighted by Gasteiger charge is 2.56. The van der Waals surface area contributed by atoms with E-state index in [1.54, 1.807) is 0 Å². The Hall–Kier alpha value is -1.35. The molecule has 3 heteroatoms. The molecule has 0 aromatic heterocycles. The average Bonchev–Trinajstić information content (AvgIpc) is 3.00. The average molecular weight is 270 g/mol. The summed E-state index contributed by atoms with van der Waals surface area (Å²) in [6, 6.07) is 9.16. The van der Waals surface area contributed by atoms with Gasteiger partial charge in [-0.1, -0.05) is 24.3 Å².